The molecule has 1 heterocycles. The van der Waals surface area contributed by atoms with Crippen LogP contribution in [0.4, 0.5) is 5.69 Å². The number of anilines is 1. The van der Waals surface area contributed by atoms with Gasteiger partial charge in [0.25, 0.3) is 0 Å². The van der Waals surface area contributed by atoms with E-state index in [1.807, 2.05) is 38.4 Å². The molecular formula is C18H29N3O4. The van der Waals surface area contributed by atoms with E-state index in [1.54, 1.807) is 0 Å². The highest BCUT2D eigenvalue weighted by Crippen LogP contribution is 2.11. The fourth-order valence-electron chi connectivity index (χ4n) is 2.07. The number of nitrogens with zero attached hydrogens (tertiary/aromatic N) is 1. The van der Waals surface area contributed by atoms with E-state index in [9.17, 15) is 14.4 Å². The first-order valence-electron chi connectivity index (χ1n) is 8.19. The number of carbonyl (C=O) groups excluding carboxylic acids is 3. The van der Waals surface area contributed by atoms with Gasteiger partial charge in [-0.2, -0.15) is 0 Å². The van der Waals surface area contributed by atoms with Crippen LogP contribution >= 0.6 is 0 Å². The van der Waals surface area contributed by atoms with E-state index in [-0.39, 0.29) is 25.1 Å². The first kappa shape index (κ1) is 22.8. The summed E-state index contributed by atoms with van der Waals surface area (Å²) >= 11 is 0. The molecule has 1 amide bonds. The van der Waals surface area contributed by atoms with Gasteiger partial charge in [0.05, 0.1) is 19.2 Å². The second-order valence-corrected chi connectivity index (χ2v) is 5.54. The zero-order chi connectivity index (χ0) is 19.1. The normalized spacial score (nSPS) is 15.8. The zero-order valence-electron chi connectivity index (χ0n) is 15.2. The summed E-state index contributed by atoms with van der Waals surface area (Å²) < 4.78 is 0. The molecule has 0 spiro atoms. The second kappa shape index (κ2) is 14.1. The van der Waals surface area contributed by atoms with Crippen molar-refractivity contribution in [3.05, 3.63) is 29.8 Å². The van der Waals surface area contributed by atoms with Crippen LogP contribution in [-0.4, -0.2) is 61.7 Å². The smallest absolute Gasteiger partial charge is 0.217 e. The Balaban J connectivity index is 0.000000353. The molecule has 0 aromatic heterocycles. The molecule has 1 fully saturated rings. The summed E-state index contributed by atoms with van der Waals surface area (Å²) in [6, 6.07) is 7.88. The number of nitrogens with one attached hydrogen (secondary N) is 2. The molecule has 1 aromatic carbocycles. The average Bonchev–Trinajstić information content (AvgIpc) is 3.06. The average molecular weight is 351 g/mol. The number of aliphatic hydroxyl groups excluding tert-OH is 1. The second-order valence-electron chi connectivity index (χ2n) is 5.54. The Bertz CT molecular complexity index is 483. The molecule has 25 heavy (non-hydrogen) atoms. The standard InChI is InChI=1S/C8H11NO.C6H11NO.C4H7NO2/c1-9-8-4-2-7(6-10)3-5-8;1-7-4-2-3-6(7)5-8;1-4(7)5-2-3-6/h2-5,9-10H,6H2,1H3;5-6H,2-4H2,1H3;3H,2H2,1H3,(H,5,7). The molecule has 7 nitrogen and oxygen atoms in total. The van der Waals surface area contributed by atoms with Crippen LogP contribution in [-0.2, 0) is 21.0 Å². The molecule has 1 unspecified atom stereocenters. The van der Waals surface area contributed by atoms with Crippen LogP contribution in [0.2, 0.25) is 0 Å². The van der Waals surface area contributed by atoms with Gasteiger partial charge in [0.1, 0.15) is 12.6 Å². The van der Waals surface area contributed by atoms with Crippen molar-refractivity contribution in [3.63, 3.8) is 0 Å². The lowest BCUT2D eigenvalue weighted by Gasteiger charge is -2.10. The Kier molecular flexibility index (Phi) is 12.9. The van der Waals surface area contributed by atoms with Gasteiger partial charge in [-0.3, -0.25) is 9.69 Å². The van der Waals surface area contributed by atoms with E-state index >= 15 is 0 Å². The molecule has 0 aliphatic carbocycles. The highest BCUT2D eigenvalue weighted by atomic mass is 16.3. The topological polar surface area (TPSA) is 98.7 Å². The van der Waals surface area contributed by atoms with Crippen molar-refractivity contribution in [2.24, 2.45) is 0 Å². The molecule has 1 saturated heterocycles. The Morgan fingerprint density at radius 2 is 1.96 bits per heavy atom. The van der Waals surface area contributed by atoms with Gasteiger partial charge in [0.2, 0.25) is 5.91 Å². The van der Waals surface area contributed by atoms with E-state index < -0.39 is 0 Å². The minimum atomic E-state index is -0.174. The monoisotopic (exact) mass is 351 g/mol. The van der Waals surface area contributed by atoms with Crippen molar-refractivity contribution in [1.82, 2.24) is 10.2 Å². The van der Waals surface area contributed by atoms with Gasteiger partial charge in [0, 0.05) is 19.7 Å². The molecule has 1 aliphatic heterocycles. The quantitative estimate of drug-likeness (QED) is 0.680. The van der Waals surface area contributed by atoms with Crippen molar-refractivity contribution in [1.29, 1.82) is 0 Å². The number of hydrogen-bond acceptors (Lipinski definition) is 6. The minimum absolute atomic E-state index is 0.115. The van der Waals surface area contributed by atoms with Gasteiger partial charge < -0.3 is 25.3 Å². The van der Waals surface area contributed by atoms with Crippen LogP contribution in [0.25, 0.3) is 0 Å². The van der Waals surface area contributed by atoms with Gasteiger partial charge in [-0.1, -0.05) is 12.1 Å². The van der Waals surface area contributed by atoms with Crippen LogP contribution in [0.15, 0.2) is 24.3 Å². The predicted molar refractivity (Wildman–Crippen MR) is 98.4 cm³/mol. The molecule has 3 N–H and O–H groups in total. The molecule has 1 aromatic rings. The Labute approximate surface area is 149 Å². The molecule has 140 valence electrons. The molecule has 7 heteroatoms. The van der Waals surface area contributed by atoms with Crippen molar-refractivity contribution in [2.75, 3.05) is 32.5 Å². The number of hydrogen-bond donors (Lipinski definition) is 3. The van der Waals surface area contributed by atoms with Crippen LogP contribution in [0.5, 0.6) is 0 Å². The number of benzene rings is 1. The first-order chi connectivity index (χ1) is 12.0. The van der Waals surface area contributed by atoms with Crippen LogP contribution in [0, 0.1) is 0 Å². The molecule has 1 atom stereocenters. The molecule has 0 saturated carbocycles. The summed E-state index contributed by atoms with van der Waals surface area (Å²) in [6.45, 7) is 2.69. The number of likely N-dealkylation sites (tertiary alicyclic amines) is 1. The van der Waals surface area contributed by atoms with E-state index in [0.29, 0.717) is 6.29 Å². The van der Waals surface area contributed by atoms with Gasteiger partial charge in [-0.05, 0) is 44.1 Å². The van der Waals surface area contributed by atoms with Gasteiger partial charge >= 0.3 is 0 Å². The summed E-state index contributed by atoms with van der Waals surface area (Å²) in [6.07, 6.45) is 3.91. The fraction of sp³-hybridized carbons (Fsp3) is 0.500. The number of carbonyl (C=O) groups is 3. The largest absolute Gasteiger partial charge is 0.392 e. The van der Waals surface area contributed by atoms with Gasteiger partial charge in [0.15, 0.2) is 0 Å². The maximum absolute atomic E-state index is 10.2. The summed E-state index contributed by atoms with van der Waals surface area (Å²) in [5.74, 6) is -0.174. The highest BCUT2D eigenvalue weighted by molar-refractivity contribution is 5.75. The van der Waals surface area contributed by atoms with Gasteiger partial charge in [-0.15, -0.1) is 0 Å². The van der Waals surface area contributed by atoms with Crippen LogP contribution < -0.4 is 10.6 Å². The third-order valence-electron chi connectivity index (χ3n) is 3.59. The number of aldehydes is 2. The third kappa shape index (κ3) is 11.0. The summed E-state index contributed by atoms with van der Waals surface area (Å²) in [5.41, 5.74) is 2.01. The number of likely N-dealkylation sites (N-methyl/N-ethyl adjacent to an activating group) is 1. The number of aliphatic hydroxyl groups is 1. The fourth-order valence-corrected chi connectivity index (χ4v) is 2.07. The van der Waals surface area contributed by atoms with Crippen molar-refractivity contribution < 1.29 is 19.5 Å². The maximum Gasteiger partial charge on any atom is 0.217 e. The van der Waals surface area contributed by atoms with E-state index in [0.717, 1.165) is 30.5 Å². The van der Waals surface area contributed by atoms with Crippen LogP contribution in [0.1, 0.15) is 25.3 Å². The van der Waals surface area contributed by atoms with Crippen molar-refractivity contribution in [2.45, 2.75) is 32.4 Å². The number of amides is 1. The lowest BCUT2D eigenvalue weighted by molar-refractivity contribution is -0.120. The molecule has 0 radical (unpaired) electrons. The van der Waals surface area contributed by atoms with E-state index in [2.05, 4.69) is 15.5 Å². The maximum atomic E-state index is 10.2. The van der Waals surface area contributed by atoms with Crippen molar-refractivity contribution in [3.8, 4) is 0 Å². The van der Waals surface area contributed by atoms with Crippen LogP contribution in [0.3, 0.4) is 0 Å². The third-order valence-corrected chi connectivity index (χ3v) is 3.59. The molecule has 1 aliphatic rings. The van der Waals surface area contributed by atoms with E-state index in [4.69, 9.17) is 5.11 Å². The Hall–Kier alpha value is -2.25. The van der Waals surface area contributed by atoms with Gasteiger partial charge in [-0.25, -0.2) is 0 Å². The summed E-state index contributed by atoms with van der Waals surface area (Å²) in [5, 5.41) is 14.0. The Morgan fingerprint density at radius 1 is 1.32 bits per heavy atom. The van der Waals surface area contributed by atoms with Crippen molar-refractivity contribution >= 4 is 24.2 Å². The first-order valence-corrected chi connectivity index (χ1v) is 8.19. The van der Waals surface area contributed by atoms with E-state index in [1.165, 1.54) is 13.3 Å². The zero-order valence-corrected chi connectivity index (χ0v) is 15.2. The molecular weight excluding hydrogens is 322 g/mol. The minimum Gasteiger partial charge on any atom is -0.392 e. The lowest BCUT2D eigenvalue weighted by atomic mass is 10.2. The molecule has 0 bridgehead atoms. The molecule has 2 rings (SSSR count). The lowest BCUT2D eigenvalue weighted by Crippen LogP contribution is -2.25. The SMILES string of the molecule is CC(=O)NCC=O.CN1CCCC1C=O.CNc1ccc(CO)cc1. The number of rotatable bonds is 5. The highest BCUT2D eigenvalue weighted by Gasteiger charge is 2.18. The predicted octanol–water partition coefficient (Wildman–Crippen LogP) is 0.822. The summed E-state index contributed by atoms with van der Waals surface area (Å²) in [7, 11) is 3.86. The summed E-state index contributed by atoms with van der Waals surface area (Å²) in [4.78, 5) is 31.7. The Morgan fingerprint density at radius 3 is 2.24 bits per heavy atom.